The van der Waals surface area contributed by atoms with Gasteiger partial charge in [-0.05, 0) is 44.9 Å². The van der Waals surface area contributed by atoms with Crippen molar-refractivity contribution in [3.05, 3.63) is 65.8 Å². The van der Waals surface area contributed by atoms with Crippen LogP contribution in [0.1, 0.15) is 48.9 Å². The number of carbonyl (C=O) groups excluding carboxylic acids is 1. The Balaban J connectivity index is 1.47. The number of piperidine rings is 1. The lowest BCUT2D eigenvalue weighted by Gasteiger charge is -2.32. The van der Waals surface area contributed by atoms with E-state index in [0.29, 0.717) is 35.6 Å². The Bertz CT molecular complexity index is 1480. The molecule has 5 heterocycles. The molecule has 190 valence electrons. The van der Waals surface area contributed by atoms with Crippen LogP contribution in [0.4, 0.5) is 4.39 Å². The predicted octanol–water partition coefficient (Wildman–Crippen LogP) is 3.21. The third-order valence-electron chi connectivity index (χ3n) is 6.82. The molecule has 11 heteroatoms. The number of fused-ring (bicyclic) bond motifs is 1. The number of rotatable bonds is 6. The van der Waals surface area contributed by atoms with E-state index in [9.17, 15) is 14.4 Å². The fraction of sp³-hybridized carbons (Fsp3) is 0.346. The van der Waals surface area contributed by atoms with E-state index < -0.39 is 18.5 Å². The zero-order valence-corrected chi connectivity index (χ0v) is 20.5. The number of hydrogen-bond acceptors (Lipinski definition) is 7. The van der Waals surface area contributed by atoms with Crippen molar-refractivity contribution in [1.29, 1.82) is 5.26 Å². The third kappa shape index (κ3) is 4.63. The van der Waals surface area contributed by atoms with E-state index in [2.05, 4.69) is 21.3 Å². The minimum atomic E-state index is -0.503. The van der Waals surface area contributed by atoms with Crippen molar-refractivity contribution in [2.24, 2.45) is 0 Å². The molecule has 1 amide bonds. The molecule has 0 bridgehead atoms. The molecule has 0 aromatic carbocycles. The van der Waals surface area contributed by atoms with Crippen LogP contribution in [0.25, 0.3) is 16.6 Å². The molecule has 37 heavy (non-hydrogen) atoms. The number of ether oxygens (including phenoxy) is 1. The van der Waals surface area contributed by atoms with Crippen LogP contribution in [0.2, 0.25) is 0 Å². The van der Waals surface area contributed by atoms with E-state index in [1.54, 1.807) is 21.7 Å². The van der Waals surface area contributed by atoms with Gasteiger partial charge in [-0.2, -0.15) is 15.5 Å². The molecule has 1 fully saturated rings. The summed E-state index contributed by atoms with van der Waals surface area (Å²) in [7, 11) is 0. The van der Waals surface area contributed by atoms with Crippen LogP contribution in [-0.4, -0.2) is 60.0 Å². The Labute approximate surface area is 212 Å². The molecule has 0 saturated carbocycles. The Morgan fingerprint density at radius 2 is 2.05 bits per heavy atom. The van der Waals surface area contributed by atoms with Crippen LogP contribution in [0.3, 0.4) is 0 Å². The number of aliphatic hydroxyl groups excluding tert-OH is 1. The van der Waals surface area contributed by atoms with E-state index in [-0.39, 0.29) is 11.9 Å². The van der Waals surface area contributed by atoms with Gasteiger partial charge in [0.1, 0.15) is 41.4 Å². The standard InChI is InChI=1S/C26H26FN7O3/c1-16-22(13-31-34(16)21-5-7-32(8-6-21)25(36)15-35)18-9-24(26-19(10-28)11-30-33(26)14-18)37-17(2)23-4-3-20(27)12-29-23/h3-4,9,11-14,17,21,35H,5-8,15H2,1-2H3/t17-/m1/s1. The summed E-state index contributed by atoms with van der Waals surface area (Å²) in [4.78, 5) is 17.6. The minimum Gasteiger partial charge on any atom is -0.482 e. The van der Waals surface area contributed by atoms with Gasteiger partial charge < -0.3 is 14.7 Å². The highest BCUT2D eigenvalue weighted by Crippen LogP contribution is 2.35. The van der Waals surface area contributed by atoms with Crippen LogP contribution in [0.15, 0.2) is 43.0 Å². The summed E-state index contributed by atoms with van der Waals surface area (Å²) in [5.74, 6) is -0.229. The molecule has 4 aromatic heterocycles. The fourth-order valence-corrected chi connectivity index (χ4v) is 4.82. The second kappa shape index (κ2) is 9.99. The van der Waals surface area contributed by atoms with Gasteiger partial charge in [-0.15, -0.1) is 0 Å². The number of carbonyl (C=O) groups is 1. The van der Waals surface area contributed by atoms with Gasteiger partial charge in [0.25, 0.3) is 0 Å². The van der Waals surface area contributed by atoms with Gasteiger partial charge >= 0.3 is 0 Å². The smallest absolute Gasteiger partial charge is 0.248 e. The van der Waals surface area contributed by atoms with Gasteiger partial charge in [-0.25, -0.2) is 8.91 Å². The maximum atomic E-state index is 13.3. The molecule has 4 aromatic rings. The van der Waals surface area contributed by atoms with E-state index in [4.69, 9.17) is 9.84 Å². The van der Waals surface area contributed by atoms with Gasteiger partial charge in [0.2, 0.25) is 5.91 Å². The first kappa shape index (κ1) is 24.4. The molecule has 1 aliphatic heterocycles. The zero-order chi connectivity index (χ0) is 26.1. The molecule has 1 saturated heterocycles. The van der Waals surface area contributed by atoms with E-state index in [1.807, 2.05) is 30.8 Å². The Morgan fingerprint density at radius 1 is 1.27 bits per heavy atom. The number of nitrogens with zero attached hydrogens (tertiary/aromatic N) is 7. The van der Waals surface area contributed by atoms with Crippen molar-refractivity contribution < 1.29 is 19.0 Å². The van der Waals surface area contributed by atoms with Gasteiger partial charge in [-0.3, -0.25) is 14.5 Å². The predicted molar refractivity (Wildman–Crippen MR) is 131 cm³/mol. The van der Waals surface area contributed by atoms with Crippen molar-refractivity contribution in [1.82, 2.24) is 29.3 Å². The number of aromatic nitrogens is 5. The van der Waals surface area contributed by atoms with E-state index >= 15 is 0 Å². The van der Waals surface area contributed by atoms with Crippen LogP contribution < -0.4 is 4.74 Å². The zero-order valence-electron chi connectivity index (χ0n) is 20.5. The third-order valence-corrected chi connectivity index (χ3v) is 6.82. The number of halogens is 1. The summed E-state index contributed by atoms with van der Waals surface area (Å²) >= 11 is 0. The summed E-state index contributed by atoms with van der Waals surface area (Å²) in [5, 5.41) is 27.7. The van der Waals surface area contributed by atoms with Crippen LogP contribution in [0, 0.1) is 24.1 Å². The molecule has 0 radical (unpaired) electrons. The van der Waals surface area contributed by atoms with Crippen molar-refractivity contribution in [2.45, 2.75) is 38.8 Å². The van der Waals surface area contributed by atoms with Crippen molar-refractivity contribution in [2.75, 3.05) is 19.7 Å². The first-order valence-electron chi connectivity index (χ1n) is 12.0. The normalized spacial score (nSPS) is 15.1. The molecule has 0 aliphatic carbocycles. The number of likely N-dealkylation sites (tertiary alicyclic amines) is 1. The topological polar surface area (TPSA) is 122 Å². The summed E-state index contributed by atoms with van der Waals surface area (Å²) < 4.78 is 23.2. The highest BCUT2D eigenvalue weighted by Gasteiger charge is 2.26. The van der Waals surface area contributed by atoms with Crippen LogP contribution in [0.5, 0.6) is 5.75 Å². The van der Waals surface area contributed by atoms with Crippen LogP contribution >= 0.6 is 0 Å². The quantitative estimate of drug-likeness (QED) is 0.429. The Hall–Kier alpha value is -4.30. The van der Waals surface area contributed by atoms with Crippen molar-refractivity contribution in [3.8, 4) is 22.9 Å². The second-order valence-corrected chi connectivity index (χ2v) is 9.08. The summed E-state index contributed by atoms with van der Waals surface area (Å²) in [6.45, 7) is 4.47. The Kier molecular flexibility index (Phi) is 6.58. The lowest BCUT2D eigenvalue weighted by molar-refractivity contribution is -0.135. The highest BCUT2D eigenvalue weighted by molar-refractivity contribution is 5.77. The molecular formula is C26H26FN7O3. The van der Waals surface area contributed by atoms with Gasteiger partial charge in [-0.1, -0.05) is 0 Å². The van der Waals surface area contributed by atoms with Gasteiger partial charge in [0.05, 0.1) is 30.3 Å². The molecule has 10 nitrogen and oxygen atoms in total. The lowest BCUT2D eigenvalue weighted by atomic mass is 10.0. The van der Waals surface area contributed by atoms with Gasteiger partial charge in [0.15, 0.2) is 0 Å². The molecule has 0 unspecified atom stereocenters. The number of amides is 1. The first-order valence-corrected chi connectivity index (χ1v) is 12.0. The molecule has 5 rings (SSSR count). The second-order valence-electron chi connectivity index (χ2n) is 9.08. The van der Waals surface area contributed by atoms with Crippen molar-refractivity contribution in [3.63, 3.8) is 0 Å². The molecule has 1 atom stereocenters. The molecule has 1 aliphatic rings. The van der Waals surface area contributed by atoms with E-state index in [1.165, 1.54) is 12.3 Å². The average molecular weight is 504 g/mol. The number of nitriles is 1. The maximum Gasteiger partial charge on any atom is 0.248 e. The number of aliphatic hydroxyl groups is 1. The first-order chi connectivity index (χ1) is 17.9. The van der Waals surface area contributed by atoms with Crippen LogP contribution in [-0.2, 0) is 4.79 Å². The molecule has 0 spiro atoms. The Morgan fingerprint density at radius 3 is 2.73 bits per heavy atom. The van der Waals surface area contributed by atoms with Crippen molar-refractivity contribution >= 4 is 11.4 Å². The number of hydrogen-bond donors (Lipinski definition) is 1. The monoisotopic (exact) mass is 503 g/mol. The molecule has 1 N–H and O–H groups in total. The summed E-state index contributed by atoms with van der Waals surface area (Å²) in [6, 6.07) is 7.04. The van der Waals surface area contributed by atoms with E-state index in [0.717, 1.165) is 35.9 Å². The lowest BCUT2D eigenvalue weighted by Crippen LogP contribution is -2.40. The minimum absolute atomic E-state index is 0.135. The average Bonchev–Trinajstić information content (AvgIpc) is 3.52. The summed E-state index contributed by atoms with van der Waals surface area (Å²) in [5.41, 5.74) is 4.12. The largest absolute Gasteiger partial charge is 0.482 e. The summed E-state index contributed by atoms with van der Waals surface area (Å²) in [6.07, 6.45) is 7.25. The fourth-order valence-electron chi connectivity index (χ4n) is 4.82. The number of pyridine rings is 2. The maximum absolute atomic E-state index is 13.3. The highest BCUT2D eigenvalue weighted by atomic mass is 19.1. The molecular weight excluding hydrogens is 477 g/mol. The SMILES string of the molecule is Cc1c(-c2cc(O[C@H](C)c3ccc(F)cn3)c3c(C#N)cnn3c2)cnn1C1CCN(C(=O)CO)CC1. The van der Waals surface area contributed by atoms with Gasteiger partial charge in [0, 0.05) is 36.1 Å².